The van der Waals surface area contributed by atoms with Crippen LogP contribution in [0.15, 0.2) is 72.8 Å². The van der Waals surface area contributed by atoms with Crippen LogP contribution in [0.3, 0.4) is 0 Å². The predicted molar refractivity (Wildman–Crippen MR) is 129 cm³/mol. The van der Waals surface area contributed by atoms with E-state index in [0.717, 1.165) is 22.3 Å². The zero-order valence-corrected chi connectivity index (χ0v) is 19.5. The summed E-state index contributed by atoms with van der Waals surface area (Å²) >= 11 is 0. The van der Waals surface area contributed by atoms with Gasteiger partial charge in [0.25, 0.3) is 0 Å². The molecule has 0 fully saturated rings. The van der Waals surface area contributed by atoms with E-state index in [-0.39, 0.29) is 18.3 Å². The number of aliphatic carboxylic acids is 1. The first-order valence-corrected chi connectivity index (χ1v) is 11.2. The molecule has 0 radical (unpaired) electrons. The summed E-state index contributed by atoms with van der Waals surface area (Å²) in [7, 11) is 0. The van der Waals surface area contributed by atoms with Crippen molar-refractivity contribution in [2.75, 3.05) is 6.61 Å². The van der Waals surface area contributed by atoms with Gasteiger partial charge in [-0.15, -0.1) is 0 Å². The molecule has 34 heavy (non-hydrogen) atoms. The number of carboxylic acid groups (broad SMARTS) is 1. The van der Waals surface area contributed by atoms with E-state index >= 15 is 0 Å². The summed E-state index contributed by atoms with van der Waals surface area (Å²) < 4.78 is 5.70. The molecule has 176 valence electrons. The van der Waals surface area contributed by atoms with Gasteiger partial charge in [0.2, 0.25) is 0 Å². The highest BCUT2D eigenvalue weighted by atomic mass is 16.5. The normalized spacial score (nSPS) is 15.6. The van der Waals surface area contributed by atoms with Gasteiger partial charge in [0.05, 0.1) is 5.54 Å². The Labute approximate surface area is 199 Å². The van der Waals surface area contributed by atoms with Gasteiger partial charge >= 0.3 is 11.9 Å². The van der Waals surface area contributed by atoms with E-state index in [4.69, 9.17) is 10.5 Å². The van der Waals surface area contributed by atoms with Crippen LogP contribution in [0.4, 0.5) is 0 Å². The highest BCUT2D eigenvalue weighted by Crippen LogP contribution is 2.46. The van der Waals surface area contributed by atoms with Crippen LogP contribution in [0, 0.1) is 11.3 Å². The van der Waals surface area contributed by atoms with Gasteiger partial charge < -0.3 is 20.7 Å². The fourth-order valence-electron chi connectivity index (χ4n) is 4.94. The highest BCUT2D eigenvalue weighted by Gasteiger charge is 2.54. The lowest BCUT2D eigenvalue weighted by Crippen LogP contribution is -2.59. The minimum absolute atomic E-state index is 0.00639. The van der Waals surface area contributed by atoms with E-state index in [0.29, 0.717) is 5.56 Å². The van der Waals surface area contributed by atoms with Crippen molar-refractivity contribution in [3.8, 4) is 16.9 Å². The predicted octanol–water partition coefficient (Wildman–Crippen LogP) is 4.65. The van der Waals surface area contributed by atoms with E-state index in [9.17, 15) is 19.8 Å². The Hall–Kier alpha value is -3.64. The molecular formula is C28H29NO5. The first kappa shape index (κ1) is 23.5. The highest BCUT2D eigenvalue weighted by molar-refractivity contribution is 5.96. The quantitative estimate of drug-likeness (QED) is 0.366. The standard InChI is InChI=1S/C28H29NO5/c1-27(2,3)28(29,17-12-14-18(30)15-13-17)24(25(31)32)26(33)34-16-23-21-10-6-4-8-19(21)20-9-5-7-11-22(20)23/h4-15,23-24,30H,16,29H2,1-3H3,(H,31,32). The number of hydrogen-bond donors (Lipinski definition) is 3. The number of phenolic OH excluding ortho intramolecular Hbond substituents is 1. The average Bonchev–Trinajstić information content (AvgIpc) is 3.11. The van der Waals surface area contributed by atoms with Crippen LogP contribution >= 0.6 is 0 Å². The van der Waals surface area contributed by atoms with Crippen molar-refractivity contribution in [2.24, 2.45) is 17.1 Å². The number of nitrogens with two attached hydrogens (primary N) is 1. The Morgan fingerprint density at radius 2 is 1.41 bits per heavy atom. The molecule has 0 amide bonds. The smallest absolute Gasteiger partial charge is 0.322 e. The van der Waals surface area contributed by atoms with Crippen molar-refractivity contribution in [2.45, 2.75) is 32.2 Å². The largest absolute Gasteiger partial charge is 0.508 e. The third-order valence-electron chi connectivity index (χ3n) is 6.88. The minimum Gasteiger partial charge on any atom is -0.508 e. The second-order valence-electron chi connectivity index (χ2n) is 9.79. The molecule has 0 aliphatic heterocycles. The molecule has 3 aromatic rings. The topological polar surface area (TPSA) is 110 Å². The molecule has 0 bridgehead atoms. The summed E-state index contributed by atoms with van der Waals surface area (Å²) in [6, 6.07) is 21.8. The van der Waals surface area contributed by atoms with Gasteiger partial charge in [-0.25, -0.2) is 0 Å². The van der Waals surface area contributed by atoms with Crippen molar-refractivity contribution < 1.29 is 24.5 Å². The van der Waals surface area contributed by atoms with E-state index in [2.05, 4.69) is 0 Å². The molecule has 3 aromatic carbocycles. The molecule has 0 spiro atoms. The van der Waals surface area contributed by atoms with Crippen LogP contribution in [-0.4, -0.2) is 28.8 Å². The molecule has 2 atom stereocenters. The van der Waals surface area contributed by atoms with Gasteiger partial charge in [0.15, 0.2) is 5.92 Å². The number of carbonyl (C=O) groups excluding carboxylic acids is 1. The Morgan fingerprint density at radius 1 is 0.912 bits per heavy atom. The number of phenols is 1. The maximum atomic E-state index is 13.4. The third kappa shape index (κ3) is 3.84. The zero-order chi connectivity index (χ0) is 24.7. The molecule has 1 aliphatic carbocycles. The molecule has 0 saturated carbocycles. The summed E-state index contributed by atoms with van der Waals surface area (Å²) in [6.07, 6.45) is 0. The van der Waals surface area contributed by atoms with Gasteiger partial charge in [0.1, 0.15) is 12.4 Å². The molecule has 6 heteroatoms. The van der Waals surface area contributed by atoms with Gasteiger partial charge in [-0.1, -0.05) is 81.4 Å². The molecule has 4 N–H and O–H groups in total. The molecule has 6 nitrogen and oxygen atoms in total. The fraction of sp³-hybridized carbons (Fsp3) is 0.286. The van der Waals surface area contributed by atoms with Crippen LogP contribution in [0.2, 0.25) is 0 Å². The summed E-state index contributed by atoms with van der Waals surface area (Å²) in [5.41, 5.74) is 9.03. The Bertz CT molecular complexity index is 1180. The van der Waals surface area contributed by atoms with E-state index in [1.54, 1.807) is 32.9 Å². The Morgan fingerprint density at radius 3 is 1.88 bits per heavy atom. The number of esters is 1. The number of ether oxygens (including phenoxy) is 1. The molecule has 0 heterocycles. The molecular weight excluding hydrogens is 430 g/mol. The number of carbonyl (C=O) groups is 2. The molecule has 1 aliphatic rings. The summed E-state index contributed by atoms with van der Waals surface area (Å²) in [4.78, 5) is 25.8. The lowest BCUT2D eigenvalue weighted by Gasteiger charge is -2.45. The van der Waals surface area contributed by atoms with Crippen LogP contribution in [0.25, 0.3) is 11.1 Å². The lowest BCUT2D eigenvalue weighted by atomic mass is 9.63. The summed E-state index contributed by atoms with van der Waals surface area (Å²) in [5, 5.41) is 19.8. The first-order valence-electron chi connectivity index (χ1n) is 11.2. The number of aromatic hydroxyl groups is 1. The molecule has 4 rings (SSSR count). The monoisotopic (exact) mass is 459 g/mol. The van der Waals surface area contributed by atoms with Crippen LogP contribution in [-0.2, 0) is 19.9 Å². The molecule has 0 saturated heterocycles. The van der Waals surface area contributed by atoms with Crippen molar-refractivity contribution in [3.63, 3.8) is 0 Å². The van der Waals surface area contributed by atoms with Gasteiger partial charge in [-0.05, 0) is 45.4 Å². The van der Waals surface area contributed by atoms with Crippen molar-refractivity contribution in [1.29, 1.82) is 0 Å². The number of fused-ring (bicyclic) bond motifs is 3. The first-order chi connectivity index (χ1) is 16.1. The molecule has 2 unspecified atom stereocenters. The van der Waals surface area contributed by atoms with Crippen molar-refractivity contribution >= 4 is 11.9 Å². The van der Waals surface area contributed by atoms with Gasteiger partial charge in [-0.3, -0.25) is 9.59 Å². The third-order valence-corrected chi connectivity index (χ3v) is 6.88. The molecule has 0 aromatic heterocycles. The van der Waals surface area contributed by atoms with E-state index < -0.39 is 28.8 Å². The fourth-order valence-corrected chi connectivity index (χ4v) is 4.94. The summed E-state index contributed by atoms with van der Waals surface area (Å²) in [5.74, 6) is -4.07. The van der Waals surface area contributed by atoms with Crippen LogP contribution < -0.4 is 5.73 Å². The van der Waals surface area contributed by atoms with E-state index in [1.165, 1.54) is 12.1 Å². The number of hydrogen-bond acceptors (Lipinski definition) is 5. The minimum atomic E-state index is -1.65. The number of benzene rings is 3. The lowest BCUT2D eigenvalue weighted by molar-refractivity contribution is -0.165. The Balaban J connectivity index is 1.67. The van der Waals surface area contributed by atoms with Crippen LogP contribution in [0.5, 0.6) is 5.75 Å². The van der Waals surface area contributed by atoms with Gasteiger partial charge in [0, 0.05) is 5.92 Å². The van der Waals surface area contributed by atoms with E-state index in [1.807, 2.05) is 48.5 Å². The van der Waals surface area contributed by atoms with Crippen molar-refractivity contribution in [1.82, 2.24) is 0 Å². The number of rotatable bonds is 6. The maximum absolute atomic E-state index is 13.4. The SMILES string of the molecule is CC(C)(C)C(N)(c1ccc(O)cc1)C(C(=O)O)C(=O)OCC1c2ccccc2-c2ccccc21. The maximum Gasteiger partial charge on any atom is 0.322 e. The average molecular weight is 460 g/mol. The van der Waals surface area contributed by atoms with Crippen LogP contribution in [0.1, 0.15) is 43.4 Å². The second-order valence-corrected chi connectivity index (χ2v) is 9.79. The second kappa shape index (κ2) is 8.61. The number of carboxylic acids is 1. The zero-order valence-electron chi connectivity index (χ0n) is 19.5. The summed E-state index contributed by atoms with van der Waals surface area (Å²) in [6.45, 7) is 5.36. The van der Waals surface area contributed by atoms with Crippen molar-refractivity contribution in [3.05, 3.63) is 89.5 Å². The Kier molecular flexibility index (Phi) is 5.96. The van der Waals surface area contributed by atoms with Gasteiger partial charge in [-0.2, -0.15) is 0 Å².